The molecule has 8 N–H and O–H groups in total. The summed E-state index contributed by atoms with van der Waals surface area (Å²) in [5.74, 6) is 2.33. The van der Waals surface area contributed by atoms with Crippen molar-refractivity contribution in [2.45, 2.75) is 72.9 Å². The van der Waals surface area contributed by atoms with Gasteiger partial charge in [0, 0.05) is 144 Å². The summed E-state index contributed by atoms with van der Waals surface area (Å²) in [6.07, 6.45) is 5.59. The average Bonchev–Trinajstić information content (AvgIpc) is 3.21. The Morgan fingerprint density at radius 1 is 0.829 bits per heavy atom. The number of aryl methyl sites for hydroxylation is 4. The SMILES string of the molecule is CCCOc1cc(OCCCCN(C)CC(=O)NCCOCCC(=O)NCCN2CCN(c3ccc(-c4cc(NC(C)C)c(C=N)c(C(=O)NCc5c(C)cc(C)[nH]c5=O)c4)cn3)CC2)cc(Oc2cc3c(cc2N)n(C)c(=O)n3C)c1. The number of hydrogen-bond acceptors (Lipinski definition) is 16. The first-order valence-corrected chi connectivity index (χ1v) is 28.1. The lowest BCUT2D eigenvalue weighted by atomic mass is 9.97. The molecule has 1 aliphatic rings. The lowest BCUT2D eigenvalue weighted by Crippen LogP contribution is -2.48. The molecule has 3 amide bonds. The number of nitrogen functional groups attached to an aromatic ring is 1. The third-order valence-corrected chi connectivity index (χ3v) is 14.1. The third kappa shape index (κ3) is 16.9. The van der Waals surface area contributed by atoms with Gasteiger partial charge >= 0.3 is 5.69 Å². The summed E-state index contributed by atoms with van der Waals surface area (Å²) >= 11 is 0. The first-order valence-electron chi connectivity index (χ1n) is 28.1. The molecule has 4 heterocycles. The molecule has 0 bridgehead atoms. The first kappa shape index (κ1) is 61.4. The molecule has 82 heavy (non-hydrogen) atoms. The van der Waals surface area contributed by atoms with Gasteiger partial charge < -0.3 is 61.2 Å². The molecule has 1 fully saturated rings. The van der Waals surface area contributed by atoms with Crippen molar-refractivity contribution in [1.82, 2.24) is 44.9 Å². The summed E-state index contributed by atoms with van der Waals surface area (Å²) in [5, 5.41) is 20.4. The molecule has 0 atom stereocenters. The third-order valence-electron chi connectivity index (χ3n) is 14.1. The number of benzene rings is 3. The molecule has 0 radical (unpaired) electrons. The van der Waals surface area contributed by atoms with Crippen LogP contribution < -0.4 is 57.4 Å². The minimum absolute atomic E-state index is 0.0416. The van der Waals surface area contributed by atoms with Crippen molar-refractivity contribution in [3.05, 3.63) is 116 Å². The van der Waals surface area contributed by atoms with E-state index in [0.29, 0.717) is 108 Å². The second-order valence-electron chi connectivity index (χ2n) is 21.0. The molecule has 1 aliphatic heterocycles. The normalized spacial score (nSPS) is 12.7. The van der Waals surface area contributed by atoms with Crippen molar-refractivity contribution in [1.29, 1.82) is 5.41 Å². The first-order chi connectivity index (χ1) is 39.4. The van der Waals surface area contributed by atoms with Gasteiger partial charge in [0.05, 0.1) is 55.3 Å². The van der Waals surface area contributed by atoms with Crippen LogP contribution in [0.4, 0.5) is 17.2 Å². The minimum Gasteiger partial charge on any atom is -0.493 e. The van der Waals surface area contributed by atoms with Crippen molar-refractivity contribution in [2.75, 3.05) is 108 Å². The minimum atomic E-state index is -0.393. The Balaban J connectivity index is 0.747. The Bertz CT molecular complexity index is 3290. The predicted molar refractivity (Wildman–Crippen MR) is 321 cm³/mol. The molecule has 22 heteroatoms. The summed E-state index contributed by atoms with van der Waals surface area (Å²) in [5.41, 5.74) is 12.8. The second-order valence-corrected chi connectivity index (χ2v) is 21.0. The molecule has 3 aromatic heterocycles. The van der Waals surface area contributed by atoms with E-state index in [9.17, 15) is 24.0 Å². The molecule has 3 aromatic carbocycles. The highest BCUT2D eigenvalue weighted by molar-refractivity contribution is 6.06. The number of H-pyrrole nitrogens is 1. The summed E-state index contributed by atoms with van der Waals surface area (Å²) in [6.45, 7) is 16.9. The van der Waals surface area contributed by atoms with E-state index in [4.69, 9.17) is 35.1 Å². The highest BCUT2D eigenvalue weighted by Gasteiger charge is 2.22. The van der Waals surface area contributed by atoms with Crippen molar-refractivity contribution in [2.24, 2.45) is 14.1 Å². The van der Waals surface area contributed by atoms with Crippen LogP contribution in [-0.4, -0.2) is 151 Å². The Kier molecular flexibility index (Phi) is 22.1. The van der Waals surface area contributed by atoms with Crippen LogP contribution in [0.2, 0.25) is 0 Å². The number of likely N-dealkylation sites (N-methyl/N-ethyl adjacent to an activating group) is 1. The van der Waals surface area contributed by atoms with E-state index in [-0.39, 0.29) is 55.2 Å². The number of carbonyl (C=O) groups is 3. The van der Waals surface area contributed by atoms with Gasteiger partial charge in [-0.25, -0.2) is 9.78 Å². The molecule has 0 spiro atoms. The number of aromatic nitrogens is 4. The molecular formula is C60H81N13O9. The largest absolute Gasteiger partial charge is 0.493 e. The van der Waals surface area contributed by atoms with Gasteiger partial charge in [-0.3, -0.25) is 38.1 Å². The van der Waals surface area contributed by atoms with Crippen molar-refractivity contribution in [3.8, 4) is 34.1 Å². The molecule has 6 aromatic rings. The van der Waals surface area contributed by atoms with Gasteiger partial charge in [0.1, 0.15) is 23.1 Å². The Hall–Kier alpha value is -8.21. The number of unbranched alkanes of at least 4 members (excludes halogenated alkanes) is 1. The molecule has 0 saturated carbocycles. The number of pyridine rings is 2. The van der Waals surface area contributed by atoms with Gasteiger partial charge in [-0.2, -0.15) is 0 Å². The topological polar surface area (TPSA) is 269 Å². The summed E-state index contributed by atoms with van der Waals surface area (Å²) in [6, 6.07) is 18.4. The van der Waals surface area contributed by atoms with Crippen molar-refractivity contribution >= 4 is 52.2 Å². The number of rotatable bonds is 30. The monoisotopic (exact) mass is 1130 g/mol. The zero-order chi connectivity index (χ0) is 58.9. The van der Waals surface area contributed by atoms with Crippen LogP contribution in [0, 0.1) is 19.3 Å². The fourth-order valence-corrected chi connectivity index (χ4v) is 9.68. The number of nitrogens with two attached hydrogens (primary N) is 1. The number of imidazole rings is 1. The standard InChI is InChI=1S/C60H81N13O9/c1-9-23-80-44-30-45(32-46(31-44)82-54-34-53-52(33-50(54)62)70(7)60(78)71(53)8)81-24-11-10-17-69(6)38-57(75)64-16-26-79-25-14-56(74)63-15-18-72-19-21-73(22-20-72)55-13-12-42(36-65-55)43-28-47(48(35-61)51(29-43)67-39(2)3)58(76)66-37-49-40(4)27-41(5)68-59(49)77/h12-13,27-36,39,61,67H,9-11,14-26,37-38,62H2,1-8H3,(H,63,74)(H,64,75)(H,66,76)(H,68,77). The predicted octanol–water partition coefficient (Wildman–Crippen LogP) is 5.71. The lowest BCUT2D eigenvalue weighted by molar-refractivity contribution is -0.123. The van der Waals surface area contributed by atoms with Gasteiger partial charge in [-0.05, 0) is 108 Å². The maximum Gasteiger partial charge on any atom is 0.328 e. The molecular weight excluding hydrogens is 1050 g/mol. The van der Waals surface area contributed by atoms with Crippen LogP contribution in [0.25, 0.3) is 22.2 Å². The number of piperazine rings is 1. The molecule has 0 unspecified atom stereocenters. The quantitative estimate of drug-likeness (QED) is 0.0162. The molecule has 7 rings (SSSR count). The van der Waals surface area contributed by atoms with Crippen LogP contribution in [0.15, 0.2) is 76.4 Å². The molecule has 440 valence electrons. The molecule has 0 aliphatic carbocycles. The maximum atomic E-state index is 13.7. The smallest absolute Gasteiger partial charge is 0.328 e. The van der Waals surface area contributed by atoms with Crippen LogP contribution in [0.1, 0.15) is 79.2 Å². The summed E-state index contributed by atoms with van der Waals surface area (Å²) < 4.78 is 27.0. The Morgan fingerprint density at radius 3 is 2.22 bits per heavy atom. The number of anilines is 3. The number of amides is 3. The number of nitrogens with zero attached hydrogens (tertiary/aromatic N) is 6. The summed E-state index contributed by atoms with van der Waals surface area (Å²) in [7, 11) is 5.30. The molecule has 22 nitrogen and oxygen atoms in total. The van der Waals surface area contributed by atoms with E-state index in [1.54, 1.807) is 59.8 Å². The van der Waals surface area contributed by atoms with Crippen LogP contribution in [0.5, 0.6) is 23.0 Å². The molecule has 1 saturated heterocycles. The van der Waals surface area contributed by atoms with Gasteiger partial charge in [-0.15, -0.1) is 0 Å². The number of ether oxygens (including phenoxy) is 4. The average molecular weight is 1130 g/mol. The number of fused-ring (bicyclic) bond motifs is 1. The fraction of sp³-hybridized carbons (Fsp3) is 0.450. The summed E-state index contributed by atoms with van der Waals surface area (Å²) in [4.78, 5) is 78.1. The Morgan fingerprint density at radius 2 is 1.54 bits per heavy atom. The maximum absolute atomic E-state index is 13.7. The van der Waals surface area contributed by atoms with Crippen LogP contribution in [-0.2, 0) is 35.0 Å². The van der Waals surface area contributed by atoms with Crippen molar-refractivity contribution < 1.29 is 33.3 Å². The van der Waals surface area contributed by atoms with Gasteiger partial charge in [0.2, 0.25) is 11.8 Å². The van der Waals surface area contributed by atoms with Gasteiger partial charge in [-0.1, -0.05) is 6.92 Å². The van der Waals surface area contributed by atoms with Crippen LogP contribution in [0.3, 0.4) is 0 Å². The Labute approximate surface area is 479 Å². The lowest BCUT2D eigenvalue weighted by Gasteiger charge is -2.35. The van der Waals surface area contributed by atoms with Crippen LogP contribution >= 0.6 is 0 Å². The number of nitrogens with one attached hydrogen (secondary N) is 6. The van der Waals surface area contributed by atoms with E-state index in [0.717, 1.165) is 73.6 Å². The fourth-order valence-electron chi connectivity index (χ4n) is 9.68. The van der Waals surface area contributed by atoms with E-state index >= 15 is 0 Å². The number of aromatic amines is 1. The zero-order valence-electron chi connectivity index (χ0n) is 48.7. The second kappa shape index (κ2) is 29.5. The van der Waals surface area contributed by atoms with Gasteiger partial charge in [0.15, 0.2) is 5.75 Å². The highest BCUT2D eigenvalue weighted by atomic mass is 16.5. The van der Waals surface area contributed by atoms with E-state index in [2.05, 4.69) is 36.1 Å². The number of hydrogen-bond donors (Lipinski definition) is 7. The van der Waals surface area contributed by atoms with E-state index in [1.807, 2.05) is 76.9 Å². The highest BCUT2D eigenvalue weighted by Crippen LogP contribution is 2.36. The zero-order valence-corrected chi connectivity index (χ0v) is 48.7. The van der Waals surface area contributed by atoms with Gasteiger partial charge in [0.25, 0.3) is 11.5 Å². The van der Waals surface area contributed by atoms with E-state index < -0.39 is 5.91 Å². The van der Waals surface area contributed by atoms with Crippen molar-refractivity contribution in [3.63, 3.8) is 0 Å². The van der Waals surface area contributed by atoms with E-state index in [1.165, 1.54) is 6.21 Å². The number of carbonyl (C=O) groups excluding carboxylic acids is 3.